The third-order valence-electron chi connectivity index (χ3n) is 8.26. The van der Waals surface area contributed by atoms with E-state index >= 15 is 0 Å². The standard InChI is InChI=1S/C32H34F2N2O2/c33-27-14-9-24(10-15-27)11-18-30(37)35-22-19-32(20-23-35,26-6-2-1-3-7-26)31(38)36-21-5-4-8-29(36)25-12-16-28(34)17-13-25/h1-3,6-7,9-10,12-17,29H,4-5,8,11,18-23H2. The van der Waals surface area contributed by atoms with Crippen LogP contribution in [0.15, 0.2) is 78.9 Å². The molecule has 0 spiro atoms. The summed E-state index contributed by atoms with van der Waals surface area (Å²) in [5.41, 5.74) is 2.19. The van der Waals surface area contributed by atoms with Crippen LogP contribution in [0.5, 0.6) is 0 Å². The fourth-order valence-electron chi connectivity index (χ4n) is 6.06. The van der Waals surface area contributed by atoms with E-state index in [4.69, 9.17) is 0 Å². The Labute approximate surface area is 223 Å². The first-order chi connectivity index (χ1) is 18.5. The molecule has 2 saturated heterocycles. The minimum Gasteiger partial charge on any atom is -0.343 e. The molecule has 0 radical (unpaired) electrons. The van der Waals surface area contributed by atoms with Crippen LogP contribution < -0.4 is 0 Å². The SMILES string of the molecule is O=C(CCc1ccc(F)cc1)N1CCC(C(=O)N2CCCCC2c2ccc(F)cc2)(c2ccccc2)CC1. The van der Waals surface area contributed by atoms with Gasteiger partial charge in [0.05, 0.1) is 11.5 Å². The van der Waals surface area contributed by atoms with Crippen molar-refractivity contribution >= 4 is 11.8 Å². The zero-order valence-corrected chi connectivity index (χ0v) is 21.6. The van der Waals surface area contributed by atoms with Gasteiger partial charge in [-0.25, -0.2) is 8.78 Å². The summed E-state index contributed by atoms with van der Waals surface area (Å²) in [5.74, 6) is -0.394. The van der Waals surface area contributed by atoms with Crippen LogP contribution in [0.25, 0.3) is 0 Å². The summed E-state index contributed by atoms with van der Waals surface area (Å²) in [6.45, 7) is 1.70. The summed E-state index contributed by atoms with van der Waals surface area (Å²) in [6.07, 6.45) is 4.87. The number of amides is 2. The third-order valence-corrected chi connectivity index (χ3v) is 8.26. The lowest BCUT2D eigenvalue weighted by Crippen LogP contribution is -2.55. The number of likely N-dealkylation sites (tertiary alicyclic amines) is 2. The first-order valence-corrected chi connectivity index (χ1v) is 13.6. The van der Waals surface area contributed by atoms with Gasteiger partial charge in [0.2, 0.25) is 11.8 Å². The molecule has 3 aromatic rings. The Morgan fingerprint density at radius 1 is 0.789 bits per heavy atom. The van der Waals surface area contributed by atoms with Crippen LogP contribution in [0.3, 0.4) is 0 Å². The van der Waals surface area contributed by atoms with Crippen LogP contribution in [0, 0.1) is 11.6 Å². The average molecular weight is 517 g/mol. The Morgan fingerprint density at radius 3 is 2.08 bits per heavy atom. The number of aryl methyl sites for hydroxylation is 1. The van der Waals surface area contributed by atoms with Gasteiger partial charge in [0, 0.05) is 26.1 Å². The molecule has 2 amide bonds. The Balaban J connectivity index is 1.34. The van der Waals surface area contributed by atoms with Crippen molar-refractivity contribution < 1.29 is 18.4 Å². The Morgan fingerprint density at radius 2 is 1.42 bits per heavy atom. The molecule has 0 aromatic heterocycles. The highest BCUT2D eigenvalue weighted by atomic mass is 19.1. The lowest BCUT2D eigenvalue weighted by atomic mass is 9.71. The molecule has 2 heterocycles. The smallest absolute Gasteiger partial charge is 0.233 e. The summed E-state index contributed by atoms with van der Waals surface area (Å²) < 4.78 is 26.8. The minimum atomic E-state index is -0.704. The van der Waals surface area contributed by atoms with Crippen LogP contribution in [-0.4, -0.2) is 41.2 Å². The number of carbonyl (C=O) groups is 2. The van der Waals surface area contributed by atoms with Crippen LogP contribution in [0.4, 0.5) is 8.78 Å². The van der Waals surface area contributed by atoms with Crippen molar-refractivity contribution in [3.8, 4) is 0 Å². The monoisotopic (exact) mass is 516 g/mol. The maximum Gasteiger partial charge on any atom is 0.233 e. The van der Waals surface area contributed by atoms with E-state index in [1.807, 2.05) is 40.1 Å². The van der Waals surface area contributed by atoms with Crippen molar-refractivity contribution in [1.29, 1.82) is 0 Å². The molecule has 2 fully saturated rings. The highest BCUT2D eigenvalue weighted by molar-refractivity contribution is 5.89. The summed E-state index contributed by atoms with van der Waals surface area (Å²) in [7, 11) is 0. The number of hydrogen-bond acceptors (Lipinski definition) is 2. The highest BCUT2D eigenvalue weighted by Crippen LogP contribution is 2.42. The van der Waals surface area contributed by atoms with E-state index < -0.39 is 5.41 Å². The van der Waals surface area contributed by atoms with Gasteiger partial charge in [0.25, 0.3) is 0 Å². The summed E-state index contributed by atoms with van der Waals surface area (Å²) in [4.78, 5) is 31.4. The molecular formula is C32H34F2N2O2. The van der Waals surface area contributed by atoms with Gasteiger partial charge in [-0.05, 0) is 79.5 Å². The molecule has 38 heavy (non-hydrogen) atoms. The lowest BCUT2D eigenvalue weighted by molar-refractivity contribution is -0.146. The second kappa shape index (κ2) is 11.5. The molecular weight excluding hydrogens is 482 g/mol. The molecule has 6 heteroatoms. The second-order valence-electron chi connectivity index (χ2n) is 10.5. The van der Waals surface area contributed by atoms with Gasteiger partial charge in [0.1, 0.15) is 11.6 Å². The highest BCUT2D eigenvalue weighted by Gasteiger charge is 2.47. The number of hydrogen-bond donors (Lipinski definition) is 0. The van der Waals surface area contributed by atoms with Crippen LogP contribution in [-0.2, 0) is 21.4 Å². The van der Waals surface area contributed by atoms with Crippen molar-refractivity contribution in [2.75, 3.05) is 19.6 Å². The van der Waals surface area contributed by atoms with E-state index in [0.717, 1.165) is 36.0 Å². The summed E-state index contributed by atoms with van der Waals surface area (Å²) in [6, 6.07) is 22.7. The number of halogens is 2. The Kier molecular flexibility index (Phi) is 7.87. The zero-order chi connectivity index (χ0) is 26.5. The molecule has 0 aliphatic carbocycles. The quantitative estimate of drug-likeness (QED) is 0.391. The van der Waals surface area contributed by atoms with E-state index in [1.54, 1.807) is 24.3 Å². The molecule has 0 bridgehead atoms. The molecule has 0 N–H and O–H groups in total. The Bertz CT molecular complexity index is 1240. The van der Waals surface area contributed by atoms with Crippen LogP contribution in [0.2, 0.25) is 0 Å². The fourth-order valence-corrected chi connectivity index (χ4v) is 6.06. The molecule has 0 saturated carbocycles. The summed E-state index contributed by atoms with van der Waals surface area (Å²) >= 11 is 0. The molecule has 2 aliphatic heterocycles. The number of benzene rings is 3. The minimum absolute atomic E-state index is 0.0607. The molecule has 2 aliphatic rings. The second-order valence-corrected chi connectivity index (χ2v) is 10.5. The van der Waals surface area contributed by atoms with Crippen molar-refractivity contribution in [2.24, 2.45) is 0 Å². The molecule has 4 nitrogen and oxygen atoms in total. The van der Waals surface area contributed by atoms with Crippen molar-refractivity contribution in [3.05, 3.63) is 107 Å². The van der Waals surface area contributed by atoms with Crippen LogP contribution >= 0.6 is 0 Å². The Hall–Kier alpha value is -3.54. The van der Waals surface area contributed by atoms with E-state index in [2.05, 4.69) is 0 Å². The van der Waals surface area contributed by atoms with Crippen molar-refractivity contribution in [2.45, 2.75) is 56.4 Å². The number of nitrogens with zero attached hydrogens (tertiary/aromatic N) is 2. The molecule has 1 atom stereocenters. The zero-order valence-electron chi connectivity index (χ0n) is 21.6. The van der Waals surface area contributed by atoms with Gasteiger partial charge < -0.3 is 9.80 Å². The molecule has 3 aromatic carbocycles. The first-order valence-electron chi connectivity index (χ1n) is 13.6. The summed E-state index contributed by atoms with van der Waals surface area (Å²) in [5, 5.41) is 0. The molecule has 5 rings (SSSR count). The molecule has 198 valence electrons. The van der Waals surface area contributed by atoms with Gasteiger partial charge in [-0.3, -0.25) is 9.59 Å². The van der Waals surface area contributed by atoms with E-state index in [0.29, 0.717) is 45.3 Å². The van der Waals surface area contributed by atoms with Gasteiger partial charge >= 0.3 is 0 Å². The van der Waals surface area contributed by atoms with E-state index in [-0.39, 0.29) is 29.5 Å². The fraction of sp³-hybridized carbons (Fsp3) is 0.375. The largest absolute Gasteiger partial charge is 0.343 e. The average Bonchev–Trinajstić information content (AvgIpc) is 2.97. The number of rotatable bonds is 6. The normalized spacial score (nSPS) is 19.3. The molecule has 1 unspecified atom stereocenters. The maximum atomic E-state index is 14.5. The van der Waals surface area contributed by atoms with Crippen molar-refractivity contribution in [1.82, 2.24) is 9.80 Å². The predicted octanol–water partition coefficient (Wildman–Crippen LogP) is 6.21. The van der Waals surface area contributed by atoms with E-state index in [9.17, 15) is 18.4 Å². The third kappa shape index (κ3) is 5.50. The van der Waals surface area contributed by atoms with E-state index in [1.165, 1.54) is 24.3 Å². The first kappa shape index (κ1) is 26.1. The topological polar surface area (TPSA) is 40.6 Å². The maximum absolute atomic E-state index is 14.5. The van der Waals surface area contributed by atoms with Crippen molar-refractivity contribution in [3.63, 3.8) is 0 Å². The van der Waals surface area contributed by atoms with Gasteiger partial charge in [0.15, 0.2) is 0 Å². The lowest BCUT2D eigenvalue weighted by Gasteiger charge is -2.46. The van der Waals surface area contributed by atoms with Crippen LogP contribution in [0.1, 0.15) is 61.3 Å². The number of piperidine rings is 2. The number of carbonyl (C=O) groups excluding carboxylic acids is 2. The predicted molar refractivity (Wildman–Crippen MR) is 143 cm³/mol. The van der Waals surface area contributed by atoms with Gasteiger partial charge in [-0.15, -0.1) is 0 Å². The van der Waals surface area contributed by atoms with Gasteiger partial charge in [-0.2, -0.15) is 0 Å². The van der Waals surface area contributed by atoms with Gasteiger partial charge in [-0.1, -0.05) is 54.6 Å².